The Hall–Kier alpha value is -0.790. The summed E-state index contributed by atoms with van der Waals surface area (Å²) in [6, 6.07) is 0. The molecule has 0 N–H and O–H groups in total. The molecular weight excluding hydrogens is 114 g/mol. The van der Waals surface area contributed by atoms with Crippen molar-refractivity contribution in [2.75, 3.05) is 13.7 Å². The van der Waals surface area contributed by atoms with Gasteiger partial charge >= 0.3 is 0 Å². The van der Waals surface area contributed by atoms with Crippen molar-refractivity contribution in [3.8, 4) is 0 Å². The van der Waals surface area contributed by atoms with Crippen molar-refractivity contribution in [2.45, 2.75) is 13.3 Å². The Balaban J connectivity index is 2.75. The monoisotopic (exact) mass is 125 g/mol. The minimum absolute atomic E-state index is 0.798. The zero-order valence-electron chi connectivity index (χ0n) is 5.85. The average molecular weight is 125 g/mol. The van der Waals surface area contributed by atoms with Gasteiger partial charge in [-0.15, -0.1) is 0 Å². The molecule has 0 bridgehead atoms. The largest absolute Gasteiger partial charge is 0.492 e. The minimum atomic E-state index is 0.798. The zero-order chi connectivity index (χ0) is 6.69. The second-order valence-electron chi connectivity index (χ2n) is 1.92. The molecule has 0 saturated carbocycles. The summed E-state index contributed by atoms with van der Waals surface area (Å²) in [5.74, 6) is 0.956. The summed E-state index contributed by atoms with van der Waals surface area (Å²) in [7, 11) is 1.80. The molecule has 1 heterocycles. The highest BCUT2D eigenvalue weighted by Crippen LogP contribution is 2.12. The Morgan fingerprint density at radius 1 is 1.67 bits per heavy atom. The summed E-state index contributed by atoms with van der Waals surface area (Å²) in [4.78, 5) is 4.06. The molecule has 0 unspecified atom stereocenters. The van der Waals surface area contributed by atoms with Crippen LogP contribution >= 0.6 is 0 Å². The predicted molar refractivity (Wildman–Crippen MR) is 37.7 cm³/mol. The van der Waals surface area contributed by atoms with Gasteiger partial charge in [0.1, 0.15) is 5.76 Å². The van der Waals surface area contributed by atoms with Crippen molar-refractivity contribution in [3.63, 3.8) is 0 Å². The van der Waals surface area contributed by atoms with E-state index in [1.807, 2.05) is 13.0 Å². The molecule has 0 aromatic carbocycles. The van der Waals surface area contributed by atoms with Gasteiger partial charge in [0.15, 0.2) is 0 Å². The SMILES string of the molecule is C/C=C1/OCCC1=NC. The lowest BCUT2D eigenvalue weighted by molar-refractivity contribution is 0.266. The van der Waals surface area contributed by atoms with Crippen molar-refractivity contribution in [1.82, 2.24) is 0 Å². The van der Waals surface area contributed by atoms with E-state index in [4.69, 9.17) is 4.74 Å². The van der Waals surface area contributed by atoms with Gasteiger partial charge in [0.2, 0.25) is 0 Å². The fraction of sp³-hybridized carbons (Fsp3) is 0.571. The van der Waals surface area contributed by atoms with Gasteiger partial charge in [0.05, 0.1) is 12.3 Å². The maximum Gasteiger partial charge on any atom is 0.136 e. The van der Waals surface area contributed by atoms with Crippen LogP contribution in [0.3, 0.4) is 0 Å². The summed E-state index contributed by atoms with van der Waals surface area (Å²) in [6.45, 7) is 2.76. The van der Waals surface area contributed by atoms with Crippen molar-refractivity contribution in [3.05, 3.63) is 11.8 Å². The van der Waals surface area contributed by atoms with Gasteiger partial charge in [-0.05, 0) is 13.0 Å². The summed E-state index contributed by atoms with van der Waals surface area (Å²) in [5.41, 5.74) is 1.09. The summed E-state index contributed by atoms with van der Waals surface area (Å²) >= 11 is 0. The van der Waals surface area contributed by atoms with E-state index in [1.165, 1.54) is 0 Å². The van der Waals surface area contributed by atoms with Crippen LogP contribution in [0.2, 0.25) is 0 Å². The van der Waals surface area contributed by atoms with Gasteiger partial charge in [-0.25, -0.2) is 0 Å². The number of rotatable bonds is 0. The molecule has 0 aromatic heterocycles. The molecule has 0 amide bonds. The number of allylic oxidation sites excluding steroid dienone is 2. The average Bonchev–Trinajstić information content (AvgIpc) is 2.33. The lowest BCUT2D eigenvalue weighted by Crippen LogP contribution is -1.92. The van der Waals surface area contributed by atoms with Crippen LogP contribution in [0.4, 0.5) is 0 Å². The third kappa shape index (κ3) is 1.12. The van der Waals surface area contributed by atoms with Crippen molar-refractivity contribution < 1.29 is 4.74 Å². The van der Waals surface area contributed by atoms with E-state index in [9.17, 15) is 0 Å². The van der Waals surface area contributed by atoms with Crippen LogP contribution in [-0.2, 0) is 4.74 Å². The smallest absolute Gasteiger partial charge is 0.136 e. The molecular formula is C7H11NO. The maximum absolute atomic E-state index is 5.24. The van der Waals surface area contributed by atoms with E-state index in [1.54, 1.807) is 7.05 Å². The topological polar surface area (TPSA) is 21.6 Å². The Morgan fingerprint density at radius 3 is 2.89 bits per heavy atom. The van der Waals surface area contributed by atoms with Gasteiger partial charge in [0, 0.05) is 13.5 Å². The number of hydrogen-bond donors (Lipinski definition) is 0. The lowest BCUT2D eigenvalue weighted by Gasteiger charge is -1.94. The van der Waals surface area contributed by atoms with Crippen molar-refractivity contribution in [1.29, 1.82) is 0 Å². The highest BCUT2D eigenvalue weighted by molar-refractivity contribution is 5.99. The molecule has 0 aromatic rings. The Morgan fingerprint density at radius 2 is 2.44 bits per heavy atom. The van der Waals surface area contributed by atoms with Gasteiger partial charge < -0.3 is 4.74 Å². The highest BCUT2D eigenvalue weighted by atomic mass is 16.5. The highest BCUT2D eigenvalue weighted by Gasteiger charge is 2.13. The number of aliphatic imine (C=N–C) groups is 1. The number of nitrogens with zero attached hydrogens (tertiary/aromatic N) is 1. The molecule has 2 nitrogen and oxygen atoms in total. The van der Waals surface area contributed by atoms with Crippen LogP contribution in [0, 0.1) is 0 Å². The van der Waals surface area contributed by atoms with Crippen LogP contribution in [0.15, 0.2) is 16.8 Å². The Kier molecular flexibility index (Phi) is 1.88. The maximum atomic E-state index is 5.24. The van der Waals surface area contributed by atoms with E-state index in [2.05, 4.69) is 4.99 Å². The van der Waals surface area contributed by atoms with E-state index in [0.717, 1.165) is 24.5 Å². The first-order valence-electron chi connectivity index (χ1n) is 3.13. The second-order valence-corrected chi connectivity index (χ2v) is 1.92. The molecule has 0 spiro atoms. The summed E-state index contributed by atoms with van der Waals surface area (Å²) in [5, 5.41) is 0. The number of hydrogen-bond acceptors (Lipinski definition) is 2. The van der Waals surface area contributed by atoms with Gasteiger partial charge in [-0.2, -0.15) is 0 Å². The van der Waals surface area contributed by atoms with Gasteiger partial charge in [-0.1, -0.05) is 0 Å². The fourth-order valence-corrected chi connectivity index (χ4v) is 0.936. The fourth-order valence-electron chi connectivity index (χ4n) is 0.936. The van der Waals surface area contributed by atoms with Crippen molar-refractivity contribution >= 4 is 5.71 Å². The van der Waals surface area contributed by atoms with E-state index >= 15 is 0 Å². The first-order chi connectivity index (χ1) is 4.38. The first-order valence-corrected chi connectivity index (χ1v) is 3.13. The van der Waals surface area contributed by atoms with E-state index in [0.29, 0.717) is 0 Å². The third-order valence-electron chi connectivity index (χ3n) is 1.41. The molecule has 50 valence electrons. The van der Waals surface area contributed by atoms with E-state index < -0.39 is 0 Å². The zero-order valence-corrected chi connectivity index (χ0v) is 5.85. The van der Waals surface area contributed by atoms with Crippen LogP contribution in [0.25, 0.3) is 0 Å². The van der Waals surface area contributed by atoms with Crippen LogP contribution < -0.4 is 0 Å². The van der Waals surface area contributed by atoms with E-state index in [-0.39, 0.29) is 0 Å². The molecule has 1 fully saturated rings. The van der Waals surface area contributed by atoms with Gasteiger partial charge in [-0.3, -0.25) is 4.99 Å². The molecule has 0 radical (unpaired) electrons. The normalized spacial score (nSPS) is 27.3. The minimum Gasteiger partial charge on any atom is -0.492 e. The molecule has 1 saturated heterocycles. The molecule has 0 aliphatic carbocycles. The standard InChI is InChI=1S/C7H11NO/c1-3-7-6(8-2)4-5-9-7/h3H,4-5H2,1-2H3/b7-3+,8-6?. The molecule has 0 atom stereocenters. The Bertz CT molecular complexity index is 140. The molecule has 1 aliphatic heterocycles. The van der Waals surface area contributed by atoms with Crippen LogP contribution in [-0.4, -0.2) is 19.4 Å². The molecule has 1 rings (SSSR count). The second kappa shape index (κ2) is 2.67. The first kappa shape index (κ1) is 6.33. The molecule has 2 heteroatoms. The molecule has 1 aliphatic rings. The molecule has 9 heavy (non-hydrogen) atoms. The van der Waals surface area contributed by atoms with Crippen LogP contribution in [0.1, 0.15) is 13.3 Å². The van der Waals surface area contributed by atoms with Gasteiger partial charge in [0.25, 0.3) is 0 Å². The predicted octanol–water partition coefficient (Wildman–Crippen LogP) is 1.38. The van der Waals surface area contributed by atoms with Crippen molar-refractivity contribution in [2.24, 2.45) is 4.99 Å². The Labute approximate surface area is 55.2 Å². The summed E-state index contributed by atoms with van der Waals surface area (Å²) in [6.07, 6.45) is 2.92. The third-order valence-corrected chi connectivity index (χ3v) is 1.41. The quantitative estimate of drug-likeness (QED) is 0.479. The van der Waals surface area contributed by atoms with Crippen LogP contribution in [0.5, 0.6) is 0 Å². The summed E-state index contributed by atoms with van der Waals surface area (Å²) < 4.78 is 5.24. The number of ether oxygens (including phenoxy) is 1. The lowest BCUT2D eigenvalue weighted by atomic mass is 10.3.